The Labute approximate surface area is 173 Å². The molecule has 4 rings (SSSR count). The van der Waals surface area contributed by atoms with Gasteiger partial charge in [0.15, 0.2) is 17.9 Å². The van der Waals surface area contributed by atoms with Crippen molar-refractivity contribution in [1.82, 2.24) is 0 Å². The van der Waals surface area contributed by atoms with Gasteiger partial charge in [-0.25, -0.2) is 13.2 Å². The van der Waals surface area contributed by atoms with Gasteiger partial charge in [-0.05, 0) is 29.7 Å². The molecule has 0 spiro atoms. The predicted molar refractivity (Wildman–Crippen MR) is 110 cm³/mol. The van der Waals surface area contributed by atoms with Crippen LogP contribution < -0.4 is 0 Å². The summed E-state index contributed by atoms with van der Waals surface area (Å²) in [5.74, 6) is -2.02. The second-order valence-electron chi connectivity index (χ2n) is 7.37. The Bertz CT molecular complexity index is 1070. The molecular weight excluding hydrogens is 389 g/mol. The minimum atomic E-state index is -0.885. The number of ether oxygens (including phenoxy) is 2. The average Bonchev–Trinajstić information content (AvgIpc) is 2.78. The van der Waals surface area contributed by atoms with Gasteiger partial charge in [0.1, 0.15) is 5.82 Å². The quantitative estimate of drug-likeness (QED) is 0.452. The van der Waals surface area contributed by atoms with Crippen molar-refractivity contribution in [1.29, 1.82) is 0 Å². The molecule has 0 saturated carbocycles. The first-order valence-electron chi connectivity index (χ1n) is 9.68. The molecule has 30 heavy (non-hydrogen) atoms. The fourth-order valence-corrected chi connectivity index (χ4v) is 3.46. The maximum Gasteiger partial charge on any atom is 0.183 e. The van der Waals surface area contributed by atoms with Gasteiger partial charge in [-0.2, -0.15) is 0 Å². The van der Waals surface area contributed by atoms with Crippen LogP contribution in [-0.2, 0) is 9.47 Å². The molecule has 0 atom stereocenters. The van der Waals surface area contributed by atoms with Crippen LogP contribution in [-0.4, -0.2) is 13.2 Å². The average molecular weight is 410 g/mol. The Morgan fingerprint density at radius 3 is 2.03 bits per heavy atom. The maximum absolute atomic E-state index is 14.8. The van der Waals surface area contributed by atoms with Crippen molar-refractivity contribution in [2.24, 2.45) is 5.92 Å². The molecule has 1 aliphatic rings. The monoisotopic (exact) mass is 410 g/mol. The van der Waals surface area contributed by atoms with Gasteiger partial charge in [0.2, 0.25) is 0 Å². The van der Waals surface area contributed by atoms with Crippen molar-refractivity contribution in [3.8, 4) is 22.3 Å². The highest BCUT2D eigenvalue weighted by Crippen LogP contribution is 2.32. The topological polar surface area (TPSA) is 18.5 Å². The van der Waals surface area contributed by atoms with E-state index in [9.17, 15) is 13.2 Å². The third kappa shape index (κ3) is 3.91. The number of benzene rings is 3. The number of halogens is 3. The van der Waals surface area contributed by atoms with Crippen LogP contribution in [0.5, 0.6) is 0 Å². The smallest absolute Gasteiger partial charge is 0.183 e. The van der Waals surface area contributed by atoms with Crippen LogP contribution in [0.2, 0.25) is 0 Å². The van der Waals surface area contributed by atoms with Crippen LogP contribution in [0.1, 0.15) is 17.4 Å². The van der Waals surface area contributed by atoms with Gasteiger partial charge in [0.25, 0.3) is 0 Å². The molecule has 1 fully saturated rings. The zero-order valence-electron chi connectivity index (χ0n) is 16.5. The highest BCUT2D eigenvalue weighted by Gasteiger charge is 2.23. The third-order valence-corrected chi connectivity index (χ3v) is 5.30. The van der Waals surface area contributed by atoms with Crippen LogP contribution in [0.25, 0.3) is 22.3 Å². The van der Waals surface area contributed by atoms with Crippen molar-refractivity contribution in [3.63, 3.8) is 0 Å². The fraction of sp³-hybridized carbons (Fsp3) is 0.200. The lowest BCUT2D eigenvalue weighted by Gasteiger charge is -2.28. The van der Waals surface area contributed by atoms with E-state index < -0.39 is 23.7 Å². The normalized spacial score (nSPS) is 18.9. The molecule has 154 valence electrons. The van der Waals surface area contributed by atoms with Gasteiger partial charge in [-0.3, -0.25) is 0 Å². The molecule has 0 unspecified atom stereocenters. The van der Waals surface area contributed by atoms with E-state index in [1.54, 1.807) is 48.5 Å². The zero-order chi connectivity index (χ0) is 21.3. The molecule has 5 heteroatoms. The lowest BCUT2D eigenvalue weighted by molar-refractivity contribution is -0.197. The fourth-order valence-electron chi connectivity index (χ4n) is 3.46. The number of hydrogen-bond donors (Lipinski definition) is 0. The predicted octanol–water partition coefficient (Wildman–Crippen LogP) is 6.59. The van der Waals surface area contributed by atoms with Crippen molar-refractivity contribution in [2.45, 2.75) is 13.2 Å². The Hall–Kier alpha value is -2.89. The van der Waals surface area contributed by atoms with E-state index in [0.717, 1.165) is 0 Å². The molecule has 1 heterocycles. The van der Waals surface area contributed by atoms with Crippen molar-refractivity contribution in [2.75, 3.05) is 13.2 Å². The molecule has 3 aromatic carbocycles. The molecule has 2 nitrogen and oxygen atoms in total. The summed E-state index contributed by atoms with van der Waals surface area (Å²) in [6.45, 7) is 6.20. The van der Waals surface area contributed by atoms with Gasteiger partial charge < -0.3 is 9.47 Å². The van der Waals surface area contributed by atoms with E-state index in [1.165, 1.54) is 19.1 Å². The van der Waals surface area contributed by atoms with Crippen molar-refractivity contribution >= 4 is 0 Å². The Morgan fingerprint density at radius 2 is 1.43 bits per heavy atom. The molecular formula is C25H21F3O2. The van der Waals surface area contributed by atoms with Gasteiger partial charge in [0.05, 0.1) is 13.2 Å². The summed E-state index contributed by atoms with van der Waals surface area (Å²) < 4.78 is 54.2. The maximum atomic E-state index is 14.8. The first-order valence-corrected chi connectivity index (χ1v) is 9.68. The van der Waals surface area contributed by atoms with Gasteiger partial charge in [-0.15, -0.1) is 6.58 Å². The second-order valence-corrected chi connectivity index (χ2v) is 7.37. The van der Waals surface area contributed by atoms with Crippen LogP contribution in [0.3, 0.4) is 0 Å². The molecule has 0 amide bonds. The minimum Gasteiger partial charge on any atom is -0.348 e. The van der Waals surface area contributed by atoms with E-state index in [-0.39, 0.29) is 17.0 Å². The van der Waals surface area contributed by atoms with E-state index in [0.29, 0.717) is 35.5 Å². The summed E-state index contributed by atoms with van der Waals surface area (Å²) in [4.78, 5) is 0. The van der Waals surface area contributed by atoms with Crippen LogP contribution in [0.4, 0.5) is 13.2 Å². The standard InChI is InChI=1S/C25H21F3O2/c1-3-16-13-29-25(30-14-16)19-9-11-20(22(26)12-19)17-5-7-18(8-6-17)21-10-4-15(2)23(27)24(21)28/h3-12,16,25H,1,13-14H2,2H3. The third-order valence-electron chi connectivity index (χ3n) is 5.30. The lowest BCUT2D eigenvalue weighted by Crippen LogP contribution is -2.25. The van der Waals surface area contributed by atoms with Crippen LogP contribution in [0, 0.1) is 30.3 Å². The summed E-state index contributed by atoms with van der Waals surface area (Å²) >= 11 is 0. The molecule has 0 radical (unpaired) electrons. The van der Waals surface area contributed by atoms with E-state index in [2.05, 4.69) is 6.58 Å². The molecule has 0 aromatic heterocycles. The number of rotatable bonds is 4. The van der Waals surface area contributed by atoms with E-state index in [1.807, 2.05) is 0 Å². The largest absolute Gasteiger partial charge is 0.348 e. The van der Waals surface area contributed by atoms with Gasteiger partial charge >= 0.3 is 0 Å². The van der Waals surface area contributed by atoms with Gasteiger partial charge in [-0.1, -0.05) is 54.6 Å². The summed E-state index contributed by atoms with van der Waals surface area (Å²) in [7, 11) is 0. The first-order chi connectivity index (χ1) is 14.5. The summed E-state index contributed by atoms with van der Waals surface area (Å²) in [5, 5.41) is 0. The van der Waals surface area contributed by atoms with Gasteiger partial charge in [0, 0.05) is 22.6 Å². The molecule has 3 aromatic rings. The Morgan fingerprint density at radius 1 is 0.833 bits per heavy atom. The highest BCUT2D eigenvalue weighted by atomic mass is 19.2. The Balaban J connectivity index is 1.56. The highest BCUT2D eigenvalue weighted by molar-refractivity contribution is 5.71. The summed E-state index contributed by atoms with van der Waals surface area (Å²) in [5.41, 5.74) is 2.58. The summed E-state index contributed by atoms with van der Waals surface area (Å²) in [6, 6.07) is 14.6. The Kier molecular flexibility index (Phi) is 5.75. The second kappa shape index (κ2) is 8.46. The molecule has 0 aliphatic carbocycles. The number of hydrogen-bond acceptors (Lipinski definition) is 2. The van der Waals surface area contributed by atoms with E-state index >= 15 is 0 Å². The zero-order valence-corrected chi connectivity index (χ0v) is 16.5. The van der Waals surface area contributed by atoms with E-state index in [4.69, 9.17) is 9.47 Å². The van der Waals surface area contributed by atoms with Crippen molar-refractivity contribution < 1.29 is 22.6 Å². The lowest BCUT2D eigenvalue weighted by atomic mass is 9.98. The SMILES string of the molecule is C=CC1COC(c2ccc(-c3ccc(-c4ccc(C)c(F)c4F)cc3)c(F)c2)OC1. The van der Waals surface area contributed by atoms with Crippen molar-refractivity contribution in [3.05, 3.63) is 95.8 Å². The first kappa shape index (κ1) is 20.4. The van der Waals surface area contributed by atoms with Crippen LogP contribution in [0.15, 0.2) is 67.3 Å². The number of aryl methyl sites for hydroxylation is 1. The molecule has 1 aliphatic heterocycles. The van der Waals surface area contributed by atoms with Crippen LogP contribution >= 0.6 is 0 Å². The minimum absolute atomic E-state index is 0.135. The molecule has 0 bridgehead atoms. The molecule has 0 N–H and O–H groups in total. The molecule has 1 saturated heterocycles. The summed E-state index contributed by atoms with van der Waals surface area (Å²) in [6.07, 6.45) is 1.17.